The molecule has 0 saturated carbocycles. The molecule has 3 rings (SSSR count). The predicted octanol–water partition coefficient (Wildman–Crippen LogP) is 3.04. The lowest BCUT2D eigenvalue weighted by Crippen LogP contribution is -2.36. The maximum Gasteiger partial charge on any atom is 0.238 e. The van der Waals surface area contributed by atoms with Gasteiger partial charge in [-0.25, -0.2) is 0 Å². The molecule has 1 aliphatic rings. The molecular formula is C17H17ClN2O. The van der Waals surface area contributed by atoms with Gasteiger partial charge in [0.25, 0.3) is 0 Å². The monoisotopic (exact) mass is 300 g/mol. The van der Waals surface area contributed by atoms with Gasteiger partial charge in [0.15, 0.2) is 0 Å². The van der Waals surface area contributed by atoms with Gasteiger partial charge in [0, 0.05) is 6.04 Å². The summed E-state index contributed by atoms with van der Waals surface area (Å²) in [6.45, 7) is 0.296. The zero-order chi connectivity index (χ0) is 14.7. The molecule has 2 aromatic rings. The van der Waals surface area contributed by atoms with E-state index in [2.05, 4.69) is 34.9 Å². The summed E-state index contributed by atoms with van der Waals surface area (Å²) < 4.78 is 0. The van der Waals surface area contributed by atoms with E-state index < -0.39 is 0 Å². The van der Waals surface area contributed by atoms with Crippen molar-refractivity contribution in [1.82, 2.24) is 5.32 Å². The average molecular weight is 301 g/mol. The third kappa shape index (κ3) is 3.43. The molecule has 1 amide bonds. The standard InChI is InChI=1S/C17H17ClN2O/c18-15-7-3-4-8-16(15)20-17(21)11-19-14-9-12-5-1-2-6-13(12)10-14/h1-8,14,19H,9-11H2,(H,20,21). The largest absolute Gasteiger partial charge is 0.324 e. The second kappa shape index (κ2) is 6.29. The summed E-state index contributed by atoms with van der Waals surface area (Å²) in [6, 6.07) is 16.0. The van der Waals surface area contributed by atoms with Gasteiger partial charge < -0.3 is 10.6 Å². The average Bonchev–Trinajstić information content (AvgIpc) is 2.90. The number of nitrogens with one attached hydrogen (secondary N) is 2. The van der Waals surface area contributed by atoms with Crippen molar-refractivity contribution in [1.29, 1.82) is 0 Å². The second-order valence-electron chi connectivity index (χ2n) is 5.28. The first-order valence-corrected chi connectivity index (χ1v) is 7.45. The van der Waals surface area contributed by atoms with Crippen molar-refractivity contribution in [3.63, 3.8) is 0 Å². The Labute approximate surface area is 129 Å². The van der Waals surface area contributed by atoms with Crippen molar-refractivity contribution >= 4 is 23.2 Å². The highest BCUT2D eigenvalue weighted by molar-refractivity contribution is 6.33. The van der Waals surface area contributed by atoms with Crippen molar-refractivity contribution in [2.75, 3.05) is 11.9 Å². The van der Waals surface area contributed by atoms with Crippen molar-refractivity contribution in [2.45, 2.75) is 18.9 Å². The third-order valence-corrected chi connectivity index (χ3v) is 4.08. The molecule has 0 unspecified atom stereocenters. The zero-order valence-electron chi connectivity index (χ0n) is 11.6. The Hall–Kier alpha value is -1.84. The number of fused-ring (bicyclic) bond motifs is 1. The van der Waals surface area contributed by atoms with Gasteiger partial charge in [-0.2, -0.15) is 0 Å². The molecule has 0 fully saturated rings. The smallest absolute Gasteiger partial charge is 0.238 e. The number of hydrogen-bond acceptors (Lipinski definition) is 2. The van der Waals surface area contributed by atoms with E-state index in [0.717, 1.165) is 12.8 Å². The Bertz CT molecular complexity index is 632. The summed E-state index contributed by atoms with van der Waals surface area (Å²) in [5, 5.41) is 6.69. The molecule has 0 bridgehead atoms. The number of hydrogen-bond donors (Lipinski definition) is 2. The number of rotatable bonds is 4. The van der Waals surface area contributed by atoms with Crippen LogP contribution in [0, 0.1) is 0 Å². The molecule has 0 atom stereocenters. The van der Waals surface area contributed by atoms with Crippen molar-refractivity contribution in [3.8, 4) is 0 Å². The minimum Gasteiger partial charge on any atom is -0.324 e. The van der Waals surface area contributed by atoms with Gasteiger partial charge in [-0.15, -0.1) is 0 Å². The van der Waals surface area contributed by atoms with E-state index in [9.17, 15) is 4.79 Å². The van der Waals surface area contributed by atoms with Crippen LogP contribution in [0.15, 0.2) is 48.5 Å². The van der Waals surface area contributed by atoms with Gasteiger partial charge in [-0.05, 0) is 36.1 Å². The van der Waals surface area contributed by atoms with Crippen LogP contribution in [0.3, 0.4) is 0 Å². The molecule has 0 heterocycles. The Morgan fingerprint density at radius 2 is 1.67 bits per heavy atom. The summed E-state index contributed by atoms with van der Waals surface area (Å²) in [6.07, 6.45) is 1.96. The van der Waals surface area contributed by atoms with Gasteiger partial charge in [-0.3, -0.25) is 4.79 Å². The van der Waals surface area contributed by atoms with Crippen LogP contribution in [0.1, 0.15) is 11.1 Å². The summed E-state index contributed by atoms with van der Waals surface area (Å²) in [7, 11) is 0. The van der Waals surface area contributed by atoms with Gasteiger partial charge in [0.2, 0.25) is 5.91 Å². The van der Waals surface area contributed by atoms with Crippen LogP contribution in [0.2, 0.25) is 5.02 Å². The number of carbonyl (C=O) groups excluding carboxylic acids is 1. The number of para-hydroxylation sites is 1. The van der Waals surface area contributed by atoms with Gasteiger partial charge >= 0.3 is 0 Å². The van der Waals surface area contributed by atoms with Crippen LogP contribution in [-0.2, 0) is 17.6 Å². The number of amides is 1. The van der Waals surface area contributed by atoms with Crippen LogP contribution < -0.4 is 10.6 Å². The Kier molecular flexibility index (Phi) is 4.23. The van der Waals surface area contributed by atoms with E-state index >= 15 is 0 Å². The summed E-state index contributed by atoms with van der Waals surface area (Å²) in [5.74, 6) is -0.0703. The summed E-state index contributed by atoms with van der Waals surface area (Å²) in [5.41, 5.74) is 3.41. The highest BCUT2D eigenvalue weighted by Gasteiger charge is 2.20. The molecule has 4 heteroatoms. The van der Waals surface area contributed by atoms with Crippen LogP contribution >= 0.6 is 11.6 Å². The molecule has 0 spiro atoms. The fourth-order valence-corrected chi connectivity index (χ4v) is 2.88. The first-order chi connectivity index (χ1) is 10.2. The predicted molar refractivity (Wildman–Crippen MR) is 85.7 cm³/mol. The lowest BCUT2D eigenvalue weighted by Gasteiger charge is -2.12. The number of anilines is 1. The first kappa shape index (κ1) is 14.1. The lowest BCUT2D eigenvalue weighted by molar-refractivity contribution is -0.115. The third-order valence-electron chi connectivity index (χ3n) is 3.75. The topological polar surface area (TPSA) is 41.1 Å². The highest BCUT2D eigenvalue weighted by Crippen LogP contribution is 2.22. The molecule has 0 saturated heterocycles. The van der Waals surface area contributed by atoms with E-state index in [4.69, 9.17) is 11.6 Å². The van der Waals surface area contributed by atoms with E-state index in [0.29, 0.717) is 23.3 Å². The van der Waals surface area contributed by atoms with E-state index in [1.165, 1.54) is 11.1 Å². The Balaban J connectivity index is 1.50. The van der Waals surface area contributed by atoms with E-state index in [1.54, 1.807) is 12.1 Å². The fraction of sp³-hybridized carbons (Fsp3) is 0.235. The van der Waals surface area contributed by atoms with Crippen LogP contribution in [0.4, 0.5) is 5.69 Å². The van der Waals surface area contributed by atoms with Crippen LogP contribution in [0.5, 0.6) is 0 Å². The normalized spacial score (nSPS) is 14.0. The van der Waals surface area contributed by atoms with E-state index in [1.807, 2.05) is 12.1 Å². The van der Waals surface area contributed by atoms with Gasteiger partial charge in [0.1, 0.15) is 0 Å². The van der Waals surface area contributed by atoms with Crippen LogP contribution in [0.25, 0.3) is 0 Å². The van der Waals surface area contributed by atoms with Gasteiger partial charge in [0.05, 0.1) is 17.3 Å². The molecule has 21 heavy (non-hydrogen) atoms. The molecule has 0 aromatic heterocycles. The minimum absolute atomic E-state index is 0.0703. The molecule has 0 radical (unpaired) electrons. The Morgan fingerprint density at radius 3 is 2.33 bits per heavy atom. The number of carbonyl (C=O) groups is 1. The van der Waals surface area contributed by atoms with Gasteiger partial charge in [-0.1, -0.05) is 48.0 Å². The summed E-state index contributed by atoms with van der Waals surface area (Å²) in [4.78, 5) is 12.0. The Morgan fingerprint density at radius 1 is 1.05 bits per heavy atom. The maximum atomic E-state index is 12.0. The molecular weight excluding hydrogens is 284 g/mol. The quantitative estimate of drug-likeness (QED) is 0.911. The van der Waals surface area contributed by atoms with Crippen molar-refractivity contribution < 1.29 is 4.79 Å². The van der Waals surface area contributed by atoms with Crippen LogP contribution in [-0.4, -0.2) is 18.5 Å². The molecule has 2 aromatic carbocycles. The molecule has 0 aliphatic heterocycles. The number of halogens is 1. The molecule has 108 valence electrons. The van der Waals surface area contributed by atoms with E-state index in [-0.39, 0.29) is 5.91 Å². The summed E-state index contributed by atoms with van der Waals surface area (Å²) >= 11 is 6.02. The second-order valence-corrected chi connectivity index (χ2v) is 5.69. The molecule has 1 aliphatic carbocycles. The minimum atomic E-state index is -0.0703. The number of benzene rings is 2. The molecule has 3 nitrogen and oxygen atoms in total. The van der Waals surface area contributed by atoms with Crippen molar-refractivity contribution in [2.24, 2.45) is 0 Å². The van der Waals surface area contributed by atoms with Crippen molar-refractivity contribution in [3.05, 3.63) is 64.7 Å². The maximum absolute atomic E-state index is 12.0. The fourth-order valence-electron chi connectivity index (χ4n) is 2.70. The zero-order valence-corrected chi connectivity index (χ0v) is 12.4. The molecule has 2 N–H and O–H groups in total. The SMILES string of the molecule is O=C(CNC1Cc2ccccc2C1)Nc1ccccc1Cl. The lowest BCUT2D eigenvalue weighted by atomic mass is 10.1. The highest BCUT2D eigenvalue weighted by atomic mass is 35.5. The first-order valence-electron chi connectivity index (χ1n) is 7.07.